The highest BCUT2D eigenvalue weighted by Crippen LogP contribution is 2.14. The van der Waals surface area contributed by atoms with Crippen LogP contribution in [-0.2, 0) is 0 Å². The first kappa shape index (κ1) is 9.58. The molecule has 0 atom stereocenters. The molecule has 0 aromatic carbocycles. The lowest BCUT2D eigenvalue weighted by molar-refractivity contribution is 1.06. The summed E-state index contributed by atoms with van der Waals surface area (Å²) < 4.78 is 0. The van der Waals surface area contributed by atoms with E-state index in [-0.39, 0.29) is 0 Å². The first-order valence-electron chi connectivity index (χ1n) is 4.39. The Bertz CT molecular complexity index is 281. The molecule has 0 amide bonds. The van der Waals surface area contributed by atoms with E-state index in [0.29, 0.717) is 5.69 Å². The number of allylic oxidation sites excluding steroid dienone is 1. The Labute approximate surface area is 78.7 Å². The summed E-state index contributed by atoms with van der Waals surface area (Å²) in [4.78, 5) is 3.91. The first-order valence-corrected chi connectivity index (χ1v) is 4.39. The molecule has 3 nitrogen and oxygen atoms in total. The maximum Gasteiger partial charge on any atom is 0.0736 e. The van der Waals surface area contributed by atoms with E-state index in [1.807, 2.05) is 19.1 Å². The number of nitrogens with two attached hydrogens (primary N) is 1. The lowest BCUT2D eigenvalue weighted by Crippen LogP contribution is -2.03. The van der Waals surface area contributed by atoms with Gasteiger partial charge in [-0.15, -0.1) is 0 Å². The van der Waals surface area contributed by atoms with Gasteiger partial charge < -0.3 is 11.1 Å². The van der Waals surface area contributed by atoms with Crippen LogP contribution >= 0.6 is 0 Å². The summed E-state index contributed by atoms with van der Waals surface area (Å²) in [6, 6.07) is 1.88. The van der Waals surface area contributed by atoms with Crippen LogP contribution in [0.25, 0.3) is 0 Å². The van der Waals surface area contributed by atoms with Gasteiger partial charge >= 0.3 is 0 Å². The van der Waals surface area contributed by atoms with Crippen molar-refractivity contribution in [1.29, 1.82) is 0 Å². The molecule has 0 fully saturated rings. The van der Waals surface area contributed by atoms with Gasteiger partial charge in [-0.2, -0.15) is 0 Å². The Morgan fingerprint density at radius 2 is 2.46 bits per heavy atom. The Morgan fingerprint density at radius 1 is 1.62 bits per heavy atom. The van der Waals surface area contributed by atoms with Gasteiger partial charge in [-0.1, -0.05) is 12.2 Å². The summed E-state index contributed by atoms with van der Waals surface area (Å²) in [7, 11) is 0. The van der Waals surface area contributed by atoms with Gasteiger partial charge in [0, 0.05) is 12.7 Å². The molecule has 1 heterocycles. The third kappa shape index (κ3) is 3.15. The molecule has 1 aromatic rings. The topological polar surface area (TPSA) is 50.9 Å². The summed E-state index contributed by atoms with van der Waals surface area (Å²) >= 11 is 0. The van der Waals surface area contributed by atoms with Crippen LogP contribution in [0.5, 0.6) is 0 Å². The van der Waals surface area contributed by atoms with Gasteiger partial charge in [0.1, 0.15) is 0 Å². The zero-order valence-electron chi connectivity index (χ0n) is 7.83. The largest absolute Gasteiger partial charge is 0.396 e. The third-order valence-electron chi connectivity index (χ3n) is 1.71. The van der Waals surface area contributed by atoms with Crippen molar-refractivity contribution in [2.45, 2.75) is 13.3 Å². The maximum atomic E-state index is 5.69. The molecule has 1 rings (SSSR count). The monoisotopic (exact) mass is 177 g/mol. The fourth-order valence-corrected chi connectivity index (χ4v) is 1.02. The quantitative estimate of drug-likeness (QED) is 0.546. The minimum Gasteiger partial charge on any atom is -0.396 e. The van der Waals surface area contributed by atoms with Crippen LogP contribution in [-0.4, -0.2) is 11.5 Å². The van der Waals surface area contributed by atoms with Crippen LogP contribution in [0.3, 0.4) is 0 Å². The summed E-state index contributed by atoms with van der Waals surface area (Å²) in [5.41, 5.74) is 7.35. The van der Waals surface area contributed by atoms with Crippen molar-refractivity contribution in [3.05, 3.63) is 30.6 Å². The molecule has 0 aliphatic rings. The van der Waals surface area contributed by atoms with E-state index in [1.54, 1.807) is 12.4 Å². The van der Waals surface area contributed by atoms with Crippen molar-refractivity contribution >= 4 is 11.4 Å². The number of aromatic nitrogens is 1. The number of nitrogens with one attached hydrogen (secondary N) is 1. The summed E-state index contributed by atoms with van der Waals surface area (Å²) in [6.07, 6.45) is 8.55. The van der Waals surface area contributed by atoms with Crippen molar-refractivity contribution in [3.8, 4) is 0 Å². The van der Waals surface area contributed by atoms with Crippen LogP contribution < -0.4 is 11.1 Å². The number of hydrogen-bond donors (Lipinski definition) is 2. The van der Waals surface area contributed by atoms with Crippen molar-refractivity contribution in [2.24, 2.45) is 0 Å². The molecule has 0 saturated carbocycles. The number of pyridine rings is 1. The van der Waals surface area contributed by atoms with Crippen LogP contribution in [0.2, 0.25) is 0 Å². The minimum atomic E-state index is 0.697. The Hall–Kier alpha value is -1.51. The predicted octanol–water partition coefficient (Wildman–Crippen LogP) is 2.04. The van der Waals surface area contributed by atoms with Crippen molar-refractivity contribution in [1.82, 2.24) is 4.98 Å². The molecule has 3 N–H and O–H groups in total. The second-order valence-corrected chi connectivity index (χ2v) is 2.75. The zero-order chi connectivity index (χ0) is 9.52. The van der Waals surface area contributed by atoms with Gasteiger partial charge in [-0.05, 0) is 19.4 Å². The Balaban J connectivity index is 2.41. The second kappa shape index (κ2) is 5.19. The lowest BCUT2D eigenvalue weighted by atomic mass is 10.3. The highest BCUT2D eigenvalue weighted by atomic mass is 14.9. The molecule has 1 aromatic heterocycles. The van der Waals surface area contributed by atoms with Crippen molar-refractivity contribution in [3.63, 3.8) is 0 Å². The fourth-order valence-electron chi connectivity index (χ4n) is 1.02. The van der Waals surface area contributed by atoms with E-state index in [0.717, 1.165) is 18.7 Å². The molecule has 0 unspecified atom stereocenters. The maximum absolute atomic E-state index is 5.69. The fraction of sp³-hybridized carbons (Fsp3) is 0.300. The second-order valence-electron chi connectivity index (χ2n) is 2.75. The highest BCUT2D eigenvalue weighted by Gasteiger charge is 1.94. The molecule has 0 aliphatic heterocycles. The van der Waals surface area contributed by atoms with Gasteiger partial charge in [-0.3, -0.25) is 4.98 Å². The average molecular weight is 177 g/mol. The molecule has 0 bridgehead atoms. The van der Waals surface area contributed by atoms with Crippen LogP contribution in [0.4, 0.5) is 11.4 Å². The van der Waals surface area contributed by atoms with Gasteiger partial charge in [0.15, 0.2) is 0 Å². The van der Waals surface area contributed by atoms with E-state index < -0.39 is 0 Å². The number of nitrogen functional groups attached to an aromatic ring is 1. The Morgan fingerprint density at radius 3 is 3.15 bits per heavy atom. The predicted molar refractivity (Wildman–Crippen MR) is 56.6 cm³/mol. The number of rotatable bonds is 4. The van der Waals surface area contributed by atoms with E-state index in [1.165, 1.54) is 0 Å². The number of hydrogen-bond acceptors (Lipinski definition) is 3. The molecule has 70 valence electrons. The van der Waals surface area contributed by atoms with E-state index in [9.17, 15) is 0 Å². The summed E-state index contributed by atoms with van der Waals surface area (Å²) in [6.45, 7) is 2.92. The van der Waals surface area contributed by atoms with Gasteiger partial charge in [0.05, 0.1) is 17.6 Å². The molecule has 0 radical (unpaired) electrons. The minimum absolute atomic E-state index is 0.697. The van der Waals surface area contributed by atoms with E-state index >= 15 is 0 Å². The summed E-state index contributed by atoms with van der Waals surface area (Å²) in [5, 5.41) is 3.23. The molecular weight excluding hydrogens is 162 g/mol. The normalized spacial score (nSPS) is 10.5. The van der Waals surface area contributed by atoms with Crippen molar-refractivity contribution < 1.29 is 0 Å². The first-order chi connectivity index (χ1) is 6.34. The number of nitrogens with zero attached hydrogens (tertiary/aromatic N) is 1. The zero-order valence-corrected chi connectivity index (χ0v) is 7.83. The van der Waals surface area contributed by atoms with Crippen LogP contribution in [0.1, 0.15) is 13.3 Å². The SMILES string of the molecule is C/C=C/CCNc1ccncc1N. The standard InChI is InChI=1S/C10H15N3/c1-2-3-4-6-13-10-5-7-12-8-9(10)11/h2-3,5,7-8H,4,6,11H2,1H3,(H,12,13)/b3-2+. The van der Waals surface area contributed by atoms with Gasteiger partial charge in [0.25, 0.3) is 0 Å². The van der Waals surface area contributed by atoms with Crippen LogP contribution in [0, 0.1) is 0 Å². The average Bonchev–Trinajstić information content (AvgIpc) is 2.15. The highest BCUT2D eigenvalue weighted by molar-refractivity contribution is 5.64. The van der Waals surface area contributed by atoms with Gasteiger partial charge in [0.2, 0.25) is 0 Å². The van der Waals surface area contributed by atoms with E-state index in [2.05, 4.69) is 16.4 Å². The molecule has 0 aliphatic carbocycles. The van der Waals surface area contributed by atoms with E-state index in [4.69, 9.17) is 5.73 Å². The lowest BCUT2D eigenvalue weighted by Gasteiger charge is -2.06. The third-order valence-corrected chi connectivity index (χ3v) is 1.71. The molecule has 13 heavy (non-hydrogen) atoms. The van der Waals surface area contributed by atoms with Crippen LogP contribution in [0.15, 0.2) is 30.6 Å². The molecule has 3 heteroatoms. The van der Waals surface area contributed by atoms with Crippen molar-refractivity contribution in [2.75, 3.05) is 17.6 Å². The Kier molecular flexibility index (Phi) is 3.82. The number of anilines is 2. The molecule has 0 saturated heterocycles. The molecule has 0 spiro atoms. The van der Waals surface area contributed by atoms with Gasteiger partial charge in [-0.25, -0.2) is 0 Å². The smallest absolute Gasteiger partial charge is 0.0736 e. The summed E-state index contributed by atoms with van der Waals surface area (Å²) in [5.74, 6) is 0. The molecular formula is C10H15N3.